The van der Waals surface area contributed by atoms with E-state index in [2.05, 4.69) is 22.5 Å². The van der Waals surface area contributed by atoms with Crippen molar-refractivity contribution in [2.24, 2.45) is 0 Å². The average molecular weight is 386 g/mol. The number of aromatic nitrogens is 1. The molecule has 0 aliphatic carbocycles. The highest BCUT2D eigenvalue weighted by Gasteiger charge is 2.14. The Morgan fingerprint density at radius 1 is 1.37 bits per heavy atom. The molecule has 1 heterocycles. The number of benzene rings is 1. The molecule has 1 aromatic carbocycles. The summed E-state index contributed by atoms with van der Waals surface area (Å²) >= 11 is 5.07. The van der Waals surface area contributed by atoms with Crippen LogP contribution < -0.4 is 15.4 Å². The molecule has 0 aliphatic heterocycles. The highest BCUT2D eigenvalue weighted by Crippen LogP contribution is 2.21. The zero-order chi connectivity index (χ0) is 19.6. The summed E-state index contributed by atoms with van der Waals surface area (Å²) in [5.41, 5.74) is 0.463. The number of halogens is 1. The van der Waals surface area contributed by atoms with Crippen LogP contribution in [-0.4, -0.2) is 22.6 Å². The van der Waals surface area contributed by atoms with Crippen LogP contribution in [0.25, 0.3) is 0 Å². The van der Waals surface area contributed by atoms with Gasteiger partial charge in [-0.3, -0.25) is 10.1 Å². The number of rotatable bonds is 7. The highest BCUT2D eigenvalue weighted by atomic mass is 32.1. The minimum atomic E-state index is -0.575. The summed E-state index contributed by atoms with van der Waals surface area (Å²) < 4.78 is 19.5. The quantitative estimate of drug-likeness (QED) is 0.556. The number of thiocarbonyl (C=S) groups is 1. The largest absolute Gasteiger partial charge is 0.491 e. The molecule has 140 valence electrons. The fourth-order valence-electron chi connectivity index (χ4n) is 2.24. The first-order valence-electron chi connectivity index (χ1n) is 8.45. The predicted molar refractivity (Wildman–Crippen MR) is 104 cm³/mol. The first kappa shape index (κ1) is 20.3. The van der Waals surface area contributed by atoms with E-state index >= 15 is 0 Å². The van der Waals surface area contributed by atoms with Crippen LogP contribution in [0.15, 0.2) is 36.5 Å². The molecule has 1 amide bonds. The van der Waals surface area contributed by atoms with Gasteiger partial charge in [0.25, 0.3) is 5.91 Å². The number of anilines is 1. The molecule has 8 heteroatoms. The van der Waals surface area contributed by atoms with E-state index in [1.807, 2.05) is 6.07 Å². The van der Waals surface area contributed by atoms with Gasteiger partial charge in [-0.2, -0.15) is 5.26 Å². The number of unbranched alkanes of at least 4 members (excludes halogenated alkanes) is 2. The summed E-state index contributed by atoms with van der Waals surface area (Å²) in [6.45, 7) is 2.54. The van der Waals surface area contributed by atoms with E-state index in [1.54, 1.807) is 12.1 Å². The lowest BCUT2D eigenvalue weighted by atomic mass is 10.2. The van der Waals surface area contributed by atoms with Crippen molar-refractivity contribution in [1.82, 2.24) is 10.3 Å². The van der Waals surface area contributed by atoms with Crippen LogP contribution in [0.5, 0.6) is 5.75 Å². The number of amides is 1. The van der Waals surface area contributed by atoms with Gasteiger partial charge in [-0.15, -0.1) is 0 Å². The van der Waals surface area contributed by atoms with Gasteiger partial charge in [-0.05, 0) is 42.9 Å². The third-order valence-corrected chi connectivity index (χ3v) is 3.78. The number of nitrogens with one attached hydrogen (secondary N) is 2. The van der Waals surface area contributed by atoms with Crippen molar-refractivity contribution in [3.05, 3.63) is 53.6 Å². The summed E-state index contributed by atoms with van der Waals surface area (Å²) in [4.78, 5) is 16.0. The van der Waals surface area contributed by atoms with Gasteiger partial charge in [0, 0.05) is 18.0 Å². The fourth-order valence-corrected chi connectivity index (χ4v) is 2.45. The number of carbonyl (C=O) groups excluding carboxylic acids is 1. The molecule has 0 saturated heterocycles. The molecule has 0 saturated carbocycles. The van der Waals surface area contributed by atoms with Crippen LogP contribution in [0, 0.1) is 17.1 Å². The standard InChI is InChI=1S/C19H19FN4O2S/c1-2-3-4-10-26-17-8-7-13(11-15(17)20)23-19(27)24-18(25)14-6-5-9-22-16(14)12-21/h5-9,11H,2-4,10H2,1H3,(H2,23,24,25,27). The Labute approximate surface area is 162 Å². The molecule has 0 aliphatic rings. The molecular formula is C19H19FN4O2S. The second-order valence-electron chi connectivity index (χ2n) is 5.62. The molecule has 0 radical (unpaired) electrons. The van der Waals surface area contributed by atoms with Crippen molar-refractivity contribution in [3.63, 3.8) is 0 Å². The lowest BCUT2D eigenvalue weighted by Gasteiger charge is -2.12. The third-order valence-electron chi connectivity index (χ3n) is 3.58. The first-order chi connectivity index (χ1) is 13.0. The predicted octanol–water partition coefficient (Wildman–Crippen LogP) is 3.79. The minimum absolute atomic E-state index is 0.00609. The lowest BCUT2D eigenvalue weighted by Crippen LogP contribution is -2.34. The molecule has 6 nitrogen and oxygen atoms in total. The summed E-state index contributed by atoms with van der Waals surface area (Å²) in [7, 11) is 0. The van der Waals surface area contributed by atoms with E-state index in [0.717, 1.165) is 19.3 Å². The van der Waals surface area contributed by atoms with E-state index in [9.17, 15) is 9.18 Å². The van der Waals surface area contributed by atoms with Crippen LogP contribution in [0.4, 0.5) is 10.1 Å². The highest BCUT2D eigenvalue weighted by molar-refractivity contribution is 7.80. The van der Waals surface area contributed by atoms with E-state index < -0.39 is 11.7 Å². The SMILES string of the molecule is CCCCCOc1ccc(NC(=S)NC(=O)c2cccnc2C#N)cc1F. The third kappa shape index (κ3) is 6.01. The van der Waals surface area contributed by atoms with Crippen molar-refractivity contribution in [3.8, 4) is 11.8 Å². The van der Waals surface area contributed by atoms with Crippen molar-refractivity contribution < 1.29 is 13.9 Å². The van der Waals surface area contributed by atoms with E-state index in [-0.39, 0.29) is 22.1 Å². The van der Waals surface area contributed by atoms with Crippen molar-refractivity contribution in [2.45, 2.75) is 26.2 Å². The van der Waals surface area contributed by atoms with Gasteiger partial charge in [0.1, 0.15) is 6.07 Å². The Morgan fingerprint density at radius 2 is 2.19 bits per heavy atom. The summed E-state index contributed by atoms with van der Waals surface area (Å²) in [6.07, 6.45) is 4.37. The van der Waals surface area contributed by atoms with Crippen molar-refractivity contribution >= 4 is 28.9 Å². The Kier molecular flexibility index (Phi) is 7.64. The van der Waals surface area contributed by atoms with E-state index in [4.69, 9.17) is 22.2 Å². The van der Waals surface area contributed by atoms with Crippen LogP contribution in [0.1, 0.15) is 42.2 Å². The number of hydrogen-bond acceptors (Lipinski definition) is 5. The van der Waals surface area contributed by atoms with Crippen LogP contribution in [-0.2, 0) is 0 Å². The molecule has 2 N–H and O–H groups in total. The molecule has 27 heavy (non-hydrogen) atoms. The summed E-state index contributed by atoms with van der Waals surface area (Å²) in [5, 5.41) is 14.1. The van der Waals surface area contributed by atoms with Gasteiger partial charge < -0.3 is 10.1 Å². The molecule has 0 fully saturated rings. The maximum Gasteiger partial charge on any atom is 0.260 e. The number of pyridine rings is 1. The molecular weight excluding hydrogens is 367 g/mol. The van der Waals surface area contributed by atoms with Gasteiger partial charge in [0.15, 0.2) is 22.4 Å². The normalized spacial score (nSPS) is 9.96. The van der Waals surface area contributed by atoms with Gasteiger partial charge in [0.05, 0.1) is 12.2 Å². The first-order valence-corrected chi connectivity index (χ1v) is 8.85. The van der Waals surface area contributed by atoms with E-state index in [1.165, 1.54) is 24.4 Å². The Hall–Kier alpha value is -3.05. The lowest BCUT2D eigenvalue weighted by molar-refractivity contribution is 0.0977. The summed E-state index contributed by atoms with van der Waals surface area (Å²) in [5.74, 6) is -0.932. The van der Waals surface area contributed by atoms with Crippen LogP contribution >= 0.6 is 12.2 Å². The molecule has 0 atom stereocenters. The minimum Gasteiger partial charge on any atom is -0.491 e. The fraction of sp³-hybridized carbons (Fsp3) is 0.263. The Morgan fingerprint density at radius 3 is 2.89 bits per heavy atom. The maximum absolute atomic E-state index is 14.1. The molecule has 1 aromatic heterocycles. The Balaban J connectivity index is 1.94. The second-order valence-corrected chi connectivity index (χ2v) is 6.03. The molecule has 0 unspecified atom stereocenters. The van der Waals surface area contributed by atoms with Crippen LogP contribution in [0.2, 0.25) is 0 Å². The van der Waals surface area contributed by atoms with Gasteiger partial charge in [-0.25, -0.2) is 9.37 Å². The van der Waals surface area contributed by atoms with E-state index in [0.29, 0.717) is 12.3 Å². The zero-order valence-corrected chi connectivity index (χ0v) is 15.6. The van der Waals surface area contributed by atoms with Crippen molar-refractivity contribution in [2.75, 3.05) is 11.9 Å². The summed E-state index contributed by atoms with van der Waals surface area (Å²) in [6, 6.07) is 9.18. The number of hydrogen-bond donors (Lipinski definition) is 2. The number of ether oxygens (including phenoxy) is 1. The Bertz CT molecular complexity index is 867. The second kappa shape index (κ2) is 10.2. The topological polar surface area (TPSA) is 87.0 Å². The number of nitrogens with zero attached hydrogens (tertiary/aromatic N) is 2. The molecule has 0 spiro atoms. The van der Waals surface area contributed by atoms with Gasteiger partial charge in [0.2, 0.25) is 0 Å². The monoisotopic (exact) mass is 386 g/mol. The molecule has 2 aromatic rings. The molecule has 0 bridgehead atoms. The van der Waals surface area contributed by atoms with Crippen LogP contribution in [0.3, 0.4) is 0 Å². The number of nitriles is 1. The molecule has 2 rings (SSSR count). The van der Waals surface area contributed by atoms with Gasteiger partial charge >= 0.3 is 0 Å². The van der Waals surface area contributed by atoms with Crippen molar-refractivity contribution in [1.29, 1.82) is 5.26 Å². The number of carbonyl (C=O) groups is 1. The van der Waals surface area contributed by atoms with Gasteiger partial charge in [-0.1, -0.05) is 19.8 Å². The smallest absolute Gasteiger partial charge is 0.260 e. The maximum atomic E-state index is 14.1. The average Bonchev–Trinajstić information content (AvgIpc) is 2.66. The zero-order valence-electron chi connectivity index (χ0n) is 14.8.